The molecule has 0 unspecified atom stereocenters. The summed E-state index contributed by atoms with van der Waals surface area (Å²) in [7, 11) is 3.63. The highest BCUT2D eigenvalue weighted by Crippen LogP contribution is 2.33. The molecule has 1 aliphatic rings. The van der Waals surface area contributed by atoms with Gasteiger partial charge in [0.05, 0.1) is 7.11 Å². The van der Waals surface area contributed by atoms with Crippen LogP contribution in [0.2, 0.25) is 5.02 Å². The van der Waals surface area contributed by atoms with Crippen LogP contribution in [-0.2, 0) is 19.4 Å². The van der Waals surface area contributed by atoms with Gasteiger partial charge < -0.3 is 14.2 Å². The number of likely N-dealkylation sites (N-methyl/N-ethyl adjacent to an activating group) is 1. The standard InChI is InChI=1S/C23H24ClFN2O/c1-15(16-4-7-23(28-3)20(25)12-16)14-27-21-6-5-17(24)13-19(21)18-8-10-26(2)11-9-22(18)27/h4-7,12-13H,1,8-11,14H2,2-3H3. The summed E-state index contributed by atoms with van der Waals surface area (Å²) >= 11 is 6.30. The third-order valence-corrected chi connectivity index (χ3v) is 5.87. The van der Waals surface area contributed by atoms with Crippen molar-refractivity contribution < 1.29 is 9.13 Å². The molecule has 0 spiro atoms. The zero-order valence-corrected chi connectivity index (χ0v) is 17.0. The van der Waals surface area contributed by atoms with Gasteiger partial charge in [-0.15, -0.1) is 0 Å². The van der Waals surface area contributed by atoms with E-state index in [4.69, 9.17) is 16.3 Å². The van der Waals surface area contributed by atoms with E-state index in [9.17, 15) is 4.39 Å². The van der Waals surface area contributed by atoms with Crippen LogP contribution in [0.15, 0.2) is 43.0 Å². The Morgan fingerprint density at radius 2 is 1.96 bits per heavy atom. The Kier molecular flexibility index (Phi) is 5.17. The first kappa shape index (κ1) is 19.0. The summed E-state index contributed by atoms with van der Waals surface area (Å²) in [5.74, 6) is -0.125. The number of halogens is 2. The summed E-state index contributed by atoms with van der Waals surface area (Å²) in [5, 5.41) is 1.97. The molecular formula is C23H24ClFN2O. The highest BCUT2D eigenvalue weighted by atomic mass is 35.5. The molecule has 0 fully saturated rings. The number of aromatic nitrogens is 1. The van der Waals surface area contributed by atoms with Crippen molar-refractivity contribution in [2.75, 3.05) is 27.2 Å². The van der Waals surface area contributed by atoms with E-state index in [2.05, 4.69) is 35.2 Å². The normalized spacial score (nSPS) is 14.7. The first-order valence-electron chi connectivity index (χ1n) is 9.47. The van der Waals surface area contributed by atoms with Gasteiger partial charge >= 0.3 is 0 Å². The Labute approximate surface area is 170 Å². The van der Waals surface area contributed by atoms with Crippen molar-refractivity contribution in [3.8, 4) is 5.75 Å². The van der Waals surface area contributed by atoms with Crippen molar-refractivity contribution in [2.24, 2.45) is 0 Å². The molecule has 4 rings (SSSR count). The molecule has 146 valence electrons. The topological polar surface area (TPSA) is 17.4 Å². The van der Waals surface area contributed by atoms with E-state index in [1.165, 1.54) is 29.8 Å². The molecule has 5 heteroatoms. The van der Waals surface area contributed by atoms with E-state index < -0.39 is 0 Å². The lowest BCUT2D eigenvalue weighted by atomic mass is 10.1. The second kappa shape index (κ2) is 7.61. The first-order valence-corrected chi connectivity index (χ1v) is 9.85. The van der Waals surface area contributed by atoms with Gasteiger partial charge in [-0.2, -0.15) is 0 Å². The number of ether oxygens (including phenoxy) is 1. The average Bonchev–Trinajstić information content (AvgIpc) is 2.81. The lowest BCUT2D eigenvalue weighted by Gasteiger charge is -2.15. The lowest BCUT2D eigenvalue weighted by Crippen LogP contribution is -2.21. The number of hydrogen-bond donors (Lipinski definition) is 0. The summed E-state index contributed by atoms with van der Waals surface area (Å²) in [4.78, 5) is 2.36. The van der Waals surface area contributed by atoms with E-state index >= 15 is 0 Å². The van der Waals surface area contributed by atoms with Gasteiger partial charge in [-0.25, -0.2) is 4.39 Å². The fourth-order valence-electron chi connectivity index (χ4n) is 4.07. The number of benzene rings is 2. The Balaban J connectivity index is 1.76. The molecule has 2 heterocycles. The minimum atomic E-state index is -0.370. The predicted octanol–water partition coefficient (Wildman–Crippen LogP) is 5.19. The van der Waals surface area contributed by atoms with E-state index in [1.807, 2.05) is 12.1 Å². The molecule has 1 aliphatic heterocycles. The van der Waals surface area contributed by atoms with E-state index in [0.717, 1.165) is 47.6 Å². The maximum atomic E-state index is 14.2. The van der Waals surface area contributed by atoms with Crippen LogP contribution in [0, 0.1) is 5.82 Å². The molecule has 28 heavy (non-hydrogen) atoms. The SMILES string of the molecule is C=C(Cn1c2c(c3cc(Cl)ccc31)CCN(C)CC2)c1ccc(OC)c(F)c1. The van der Waals surface area contributed by atoms with Gasteiger partial charge in [0.25, 0.3) is 0 Å². The number of fused-ring (bicyclic) bond motifs is 3. The Morgan fingerprint density at radius 1 is 1.18 bits per heavy atom. The van der Waals surface area contributed by atoms with Gasteiger partial charge in [0.2, 0.25) is 0 Å². The van der Waals surface area contributed by atoms with Crippen LogP contribution in [-0.4, -0.2) is 36.7 Å². The summed E-state index contributed by atoms with van der Waals surface area (Å²) in [6.07, 6.45) is 1.97. The quantitative estimate of drug-likeness (QED) is 0.602. The van der Waals surface area contributed by atoms with Crippen LogP contribution in [0.3, 0.4) is 0 Å². The maximum Gasteiger partial charge on any atom is 0.165 e. The van der Waals surface area contributed by atoms with Crippen molar-refractivity contribution in [1.82, 2.24) is 9.47 Å². The molecule has 3 nitrogen and oxygen atoms in total. The van der Waals surface area contributed by atoms with Crippen LogP contribution < -0.4 is 4.74 Å². The fourth-order valence-corrected chi connectivity index (χ4v) is 4.25. The predicted molar refractivity (Wildman–Crippen MR) is 114 cm³/mol. The van der Waals surface area contributed by atoms with Crippen LogP contribution >= 0.6 is 11.6 Å². The highest BCUT2D eigenvalue weighted by molar-refractivity contribution is 6.31. The third-order valence-electron chi connectivity index (χ3n) is 5.63. The molecule has 0 saturated heterocycles. The van der Waals surface area contributed by atoms with Crippen molar-refractivity contribution in [3.05, 3.63) is 70.6 Å². The minimum absolute atomic E-state index is 0.245. The zero-order valence-electron chi connectivity index (χ0n) is 16.3. The van der Waals surface area contributed by atoms with Crippen molar-refractivity contribution in [3.63, 3.8) is 0 Å². The number of allylic oxidation sites excluding steroid dienone is 1. The Bertz CT molecular complexity index is 1060. The van der Waals surface area contributed by atoms with Gasteiger partial charge in [0, 0.05) is 47.7 Å². The van der Waals surface area contributed by atoms with E-state index in [-0.39, 0.29) is 11.6 Å². The van der Waals surface area contributed by atoms with Gasteiger partial charge in [-0.1, -0.05) is 24.2 Å². The molecule has 0 N–H and O–H groups in total. The van der Waals surface area contributed by atoms with Crippen molar-refractivity contribution >= 4 is 28.1 Å². The largest absolute Gasteiger partial charge is 0.494 e. The van der Waals surface area contributed by atoms with Gasteiger partial charge in [0.15, 0.2) is 11.6 Å². The number of rotatable bonds is 4. The molecule has 0 saturated carbocycles. The molecule has 0 aliphatic carbocycles. The molecule has 1 aromatic heterocycles. The van der Waals surface area contributed by atoms with E-state index in [0.29, 0.717) is 6.54 Å². The van der Waals surface area contributed by atoms with Crippen LogP contribution in [0.1, 0.15) is 16.8 Å². The summed E-state index contributed by atoms with van der Waals surface area (Å²) < 4.78 is 21.5. The molecule has 0 atom stereocenters. The second-order valence-electron chi connectivity index (χ2n) is 7.43. The number of nitrogens with zero attached hydrogens (tertiary/aromatic N) is 2. The molecule has 2 aromatic carbocycles. The molecule has 0 radical (unpaired) electrons. The molecular weight excluding hydrogens is 375 g/mol. The summed E-state index contributed by atoms with van der Waals surface area (Å²) in [6.45, 7) is 6.90. The fraction of sp³-hybridized carbons (Fsp3) is 0.304. The van der Waals surface area contributed by atoms with Crippen LogP contribution in [0.4, 0.5) is 4.39 Å². The monoisotopic (exact) mass is 398 g/mol. The number of hydrogen-bond acceptors (Lipinski definition) is 2. The zero-order chi connectivity index (χ0) is 19.8. The maximum absolute atomic E-state index is 14.2. The third kappa shape index (κ3) is 3.43. The molecule has 0 bridgehead atoms. The Hall–Kier alpha value is -2.30. The number of methoxy groups -OCH3 is 1. The highest BCUT2D eigenvalue weighted by Gasteiger charge is 2.21. The smallest absolute Gasteiger partial charge is 0.165 e. The van der Waals surface area contributed by atoms with E-state index in [1.54, 1.807) is 6.07 Å². The van der Waals surface area contributed by atoms with Crippen LogP contribution in [0.25, 0.3) is 16.5 Å². The summed E-state index contributed by atoms with van der Waals surface area (Å²) in [6, 6.07) is 11.1. The lowest BCUT2D eigenvalue weighted by molar-refractivity contribution is 0.351. The minimum Gasteiger partial charge on any atom is -0.494 e. The van der Waals surface area contributed by atoms with Gasteiger partial charge in [-0.05, 0) is 60.5 Å². The molecule has 0 amide bonds. The van der Waals surface area contributed by atoms with Crippen LogP contribution in [0.5, 0.6) is 5.75 Å². The average molecular weight is 399 g/mol. The second-order valence-corrected chi connectivity index (χ2v) is 7.87. The van der Waals surface area contributed by atoms with Crippen molar-refractivity contribution in [2.45, 2.75) is 19.4 Å². The van der Waals surface area contributed by atoms with Gasteiger partial charge in [-0.3, -0.25) is 0 Å². The molecule has 3 aromatic rings. The van der Waals surface area contributed by atoms with Crippen molar-refractivity contribution in [1.29, 1.82) is 0 Å². The van der Waals surface area contributed by atoms with Gasteiger partial charge in [0.1, 0.15) is 0 Å². The Morgan fingerprint density at radius 3 is 2.71 bits per heavy atom. The first-order chi connectivity index (χ1) is 13.5. The summed E-state index contributed by atoms with van der Waals surface area (Å²) in [5.41, 5.74) is 5.52.